The molecular formula is C11H10ClN3O. The van der Waals surface area contributed by atoms with Crippen LogP contribution in [0.1, 0.15) is 15.9 Å². The van der Waals surface area contributed by atoms with Gasteiger partial charge in [0.1, 0.15) is 0 Å². The van der Waals surface area contributed by atoms with Gasteiger partial charge in [0, 0.05) is 23.0 Å². The first-order valence-electron chi connectivity index (χ1n) is 4.73. The van der Waals surface area contributed by atoms with Crippen molar-refractivity contribution in [1.82, 2.24) is 9.97 Å². The second-order valence-electron chi connectivity index (χ2n) is 3.36. The number of aromatic nitrogens is 2. The fraction of sp³-hybridized carbons (Fsp3) is 0.0909. The zero-order chi connectivity index (χ0) is 11.5. The number of nitrogens with zero attached hydrogens (tertiary/aromatic N) is 1. The molecule has 0 aliphatic carbocycles. The average Bonchev–Trinajstić information content (AvgIpc) is 2.74. The number of halogens is 1. The van der Waals surface area contributed by atoms with Crippen molar-refractivity contribution in [2.45, 2.75) is 6.92 Å². The summed E-state index contributed by atoms with van der Waals surface area (Å²) in [5, 5.41) is 3.20. The molecule has 0 aliphatic rings. The van der Waals surface area contributed by atoms with Gasteiger partial charge >= 0.3 is 0 Å². The number of rotatable bonds is 2. The Labute approximate surface area is 97.7 Å². The molecule has 2 rings (SSSR count). The molecule has 82 valence electrons. The lowest BCUT2D eigenvalue weighted by Crippen LogP contribution is -2.12. The summed E-state index contributed by atoms with van der Waals surface area (Å²) in [6, 6.07) is 5.16. The molecule has 1 aromatic carbocycles. The minimum Gasteiger partial charge on any atom is -0.331 e. The number of imidazole rings is 1. The summed E-state index contributed by atoms with van der Waals surface area (Å²) in [7, 11) is 0. The van der Waals surface area contributed by atoms with Crippen molar-refractivity contribution in [3.8, 4) is 0 Å². The topological polar surface area (TPSA) is 57.8 Å². The number of H-pyrrole nitrogens is 1. The second kappa shape index (κ2) is 4.37. The maximum absolute atomic E-state index is 11.7. The van der Waals surface area contributed by atoms with Crippen LogP contribution in [0.2, 0.25) is 5.02 Å². The van der Waals surface area contributed by atoms with E-state index in [1.54, 1.807) is 30.6 Å². The van der Waals surface area contributed by atoms with Gasteiger partial charge in [-0.1, -0.05) is 17.7 Å². The SMILES string of the molecule is Cc1ccc(C(=O)Nc2ncc[nH]2)cc1Cl. The van der Waals surface area contributed by atoms with Crippen LogP contribution in [0.15, 0.2) is 30.6 Å². The van der Waals surface area contributed by atoms with E-state index in [1.165, 1.54) is 0 Å². The number of benzene rings is 1. The standard InChI is InChI=1S/C11H10ClN3O/c1-7-2-3-8(6-9(7)12)10(16)15-11-13-4-5-14-11/h2-6H,1H3,(H2,13,14,15,16). The molecule has 2 aromatic rings. The maximum Gasteiger partial charge on any atom is 0.258 e. The minimum atomic E-state index is -0.239. The van der Waals surface area contributed by atoms with Crippen molar-refractivity contribution in [3.63, 3.8) is 0 Å². The molecule has 16 heavy (non-hydrogen) atoms. The highest BCUT2D eigenvalue weighted by Crippen LogP contribution is 2.17. The molecule has 2 N–H and O–H groups in total. The van der Waals surface area contributed by atoms with Crippen molar-refractivity contribution in [2.24, 2.45) is 0 Å². The molecule has 0 aliphatic heterocycles. The quantitative estimate of drug-likeness (QED) is 0.841. The summed E-state index contributed by atoms with van der Waals surface area (Å²) in [5.41, 5.74) is 1.45. The smallest absolute Gasteiger partial charge is 0.258 e. The molecular weight excluding hydrogens is 226 g/mol. The molecule has 0 saturated heterocycles. The number of anilines is 1. The summed E-state index contributed by atoms with van der Waals surface area (Å²) in [4.78, 5) is 18.4. The molecule has 1 aromatic heterocycles. The van der Waals surface area contributed by atoms with Crippen molar-refractivity contribution < 1.29 is 4.79 Å². The number of aromatic amines is 1. The normalized spacial score (nSPS) is 10.1. The molecule has 0 fully saturated rings. The van der Waals surface area contributed by atoms with E-state index in [2.05, 4.69) is 15.3 Å². The maximum atomic E-state index is 11.7. The fourth-order valence-electron chi connectivity index (χ4n) is 1.25. The Morgan fingerprint density at radius 3 is 2.94 bits per heavy atom. The zero-order valence-corrected chi connectivity index (χ0v) is 9.38. The predicted molar refractivity (Wildman–Crippen MR) is 62.7 cm³/mol. The third kappa shape index (κ3) is 2.23. The van der Waals surface area contributed by atoms with E-state index < -0.39 is 0 Å². The first kappa shape index (κ1) is 10.7. The lowest BCUT2D eigenvalue weighted by atomic mass is 10.1. The lowest BCUT2D eigenvalue weighted by Gasteiger charge is -2.03. The summed E-state index contributed by atoms with van der Waals surface area (Å²) >= 11 is 5.94. The van der Waals surface area contributed by atoms with E-state index in [1.807, 2.05) is 6.92 Å². The van der Waals surface area contributed by atoms with Crippen LogP contribution in [0.25, 0.3) is 0 Å². The van der Waals surface area contributed by atoms with Crippen molar-refractivity contribution in [1.29, 1.82) is 0 Å². The second-order valence-corrected chi connectivity index (χ2v) is 3.76. The van der Waals surface area contributed by atoms with E-state index in [9.17, 15) is 4.79 Å². The van der Waals surface area contributed by atoms with Crippen LogP contribution in [0, 0.1) is 6.92 Å². The summed E-state index contributed by atoms with van der Waals surface area (Å²) < 4.78 is 0. The van der Waals surface area contributed by atoms with Gasteiger partial charge in [0.25, 0.3) is 5.91 Å². The Balaban J connectivity index is 2.18. The minimum absolute atomic E-state index is 0.239. The van der Waals surface area contributed by atoms with Crippen LogP contribution in [0.4, 0.5) is 5.95 Å². The first-order chi connectivity index (χ1) is 7.66. The lowest BCUT2D eigenvalue weighted by molar-refractivity contribution is 0.102. The van der Waals surface area contributed by atoms with Crippen LogP contribution in [-0.4, -0.2) is 15.9 Å². The summed E-state index contributed by atoms with van der Waals surface area (Å²) in [5.74, 6) is 0.179. The van der Waals surface area contributed by atoms with E-state index in [0.29, 0.717) is 16.5 Å². The number of amides is 1. The molecule has 5 heteroatoms. The van der Waals surface area contributed by atoms with Gasteiger partial charge in [-0.3, -0.25) is 10.1 Å². The fourth-order valence-corrected chi connectivity index (χ4v) is 1.43. The summed E-state index contributed by atoms with van der Waals surface area (Å²) in [6.45, 7) is 1.89. The molecule has 1 amide bonds. The number of carbonyl (C=O) groups excluding carboxylic acids is 1. The number of hydrogen-bond donors (Lipinski definition) is 2. The first-order valence-corrected chi connectivity index (χ1v) is 5.11. The third-order valence-corrected chi connectivity index (χ3v) is 2.57. The molecule has 0 saturated carbocycles. The van der Waals surface area contributed by atoms with Gasteiger partial charge in [0.15, 0.2) is 0 Å². The van der Waals surface area contributed by atoms with Gasteiger partial charge in [-0.05, 0) is 24.6 Å². The number of aryl methyl sites for hydroxylation is 1. The number of nitrogens with one attached hydrogen (secondary N) is 2. The zero-order valence-electron chi connectivity index (χ0n) is 8.62. The van der Waals surface area contributed by atoms with Gasteiger partial charge in [-0.15, -0.1) is 0 Å². The highest BCUT2D eigenvalue weighted by molar-refractivity contribution is 6.31. The Bertz CT molecular complexity index is 508. The van der Waals surface area contributed by atoms with Crippen LogP contribution >= 0.6 is 11.6 Å². The monoisotopic (exact) mass is 235 g/mol. The Hall–Kier alpha value is -1.81. The molecule has 0 bridgehead atoms. The number of carbonyl (C=O) groups is 1. The van der Waals surface area contributed by atoms with Crippen molar-refractivity contribution in [3.05, 3.63) is 46.7 Å². The molecule has 1 heterocycles. The van der Waals surface area contributed by atoms with Gasteiger partial charge in [-0.2, -0.15) is 0 Å². The summed E-state index contributed by atoms with van der Waals surface area (Å²) in [6.07, 6.45) is 3.20. The van der Waals surface area contributed by atoms with Gasteiger partial charge in [0.05, 0.1) is 0 Å². The Morgan fingerprint density at radius 1 is 1.50 bits per heavy atom. The van der Waals surface area contributed by atoms with Crippen LogP contribution in [-0.2, 0) is 0 Å². The predicted octanol–water partition coefficient (Wildman–Crippen LogP) is 2.62. The highest BCUT2D eigenvalue weighted by Gasteiger charge is 2.08. The average molecular weight is 236 g/mol. The Morgan fingerprint density at radius 2 is 2.31 bits per heavy atom. The Kier molecular flexibility index (Phi) is 2.92. The van der Waals surface area contributed by atoms with Crippen LogP contribution in [0.5, 0.6) is 0 Å². The van der Waals surface area contributed by atoms with Crippen molar-refractivity contribution >= 4 is 23.5 Å². The van der Waals surface area contributed by atoms with Crippen molar-refractivity contribution in [2.75, 3.05) is 5.32 Å². The largest absolute Gasteiger partial charge is 0.331 e. The molecule has 0 spiro atoms. The number of hydrogen-bond acceptors (Lipinski definition) is 2. The van der Waals surface area contributed by atoms with Crippen LogP contribution < -0.4 is 5.32 Å². The van der Waals surface area contributed by atoms with Gasteiger partial charge in [0.2, 0.25) is 5.95 Å². The van der Waals surface area contributed by atoms with E-state index in [-0.39, 0.29) is 5.91 Å². The van der Waals surface area contributed by atoms with E-state index in [4.69, 9.17) is 11.6 Å². The molecule has 0 radical (unpaired) electrons. The molecule has 0 atom stereocenters. The van der Waals surface area contributed by atoms with Gasteiger partial charge in [-0.25, -0.2) is 4.98 Å². The molecule has 0 unspecified atom stereocenters. The van der Waals surface area contributed by atoms with Gasteiger partial charge < -0.3 is 4.98 Å². The van der Waals surface area contributed by atoms with E-state index in [0.717, 1.165) is 5.56 Å². The van der Waals surface area contributed by atoms with E-state index >= 15 is 0 Å². The highest BCUT2D eigenvalue weighted by atomic mass is 35.5. The van der Waals surface area contributed by atoms with Crippen LogP contribution in [0.3, 0.4) is 0 Å². The molecule has 4 nitrogen and oxygen atoms in total. The third-order valence-electron chi connectivity index (χ3n) is 2.16.